The molecule has 0 aromatic heterocycles. The molecule has 1 aromatic carbocycles. The van der Waals surface area contributed by atoms with E-state index in [1.54, 1.807) is 19.2 Å². The van der Waals surface area contributed by atoms with E-state index in [4.69, 9.17) is 0 Å². The lowest BCUT2D eigenvalue weighted by Gasteiger charge is -2.32. The summed E-state index contributed by atoms with van der Waals surface area (Å²) in [5, 5.41) is 16.7. The number of hydrogen-bond acceptors (Lipinski definition) is 5. The van der Waals surface area contributed by atoms with E-state index in [1.807, 2.05) is 32.8 Å². The predicted octanol–water partition coefficient (Wildman–Crippen LogP) is 1.71. The number of likely N-dealkylation sites (N-methyl/N-ethyl adjacent to an activating group) is 1. The highest BCUT2D eigenvalue weighted by Gasteiger charge is 2.26. The fourth-order valence-electron chi connectivity index (χ4n) is 1.68. The Morgan fingerprint density at radius 1 is 1.38 bits per heavy atom. The number of nitrogens with zero attached hydrogens (tertiary/aromatic N) is 2. The number of carbonyl (C=O) groups is 1. The van der Waals surface area contributed by atoms with Gasteiger partial charge in [0.25, 0.3) is 5.91 Å². The standard InChI is InChI=1S/C14H22N4O3/c1-14(2,17(4)5)9-16-13(19)10-7-6-8-11(15-3)12(10)18(20)21/h6-8,15H,9H2,1-5H3,(H,16,19). The Hall–Kier alpha value is -2.15. The molecule has 0 saturated carbocycles. The van der Waals surface area contributed by atoms with Gasteiger partial charge in [0.15, 0.2) is 0 Å². The van der Waals surface area contributed by atoms with Gasteiger partial charge >= 0.3 is 5.69 Å². The third-order valence-electron chi connectivity index (χ3n) is 3.62. The summed E-state index contributed by atoms with van der Waals surface area (Å²) in [6, 6.07) is 4.64. The number of para-hydroxylation sites is 1. The van der Waals surface area contributed by atoms with Crippen molar-refractivity contribution in [2.24, 2.45) is 0 Å². The molecule has 0 aliphatic rings. The van der Waals surface area contributed by atoms with Crippen molar-refractivity contribution in [2.45, 2.75) is 19.4 Å². The molecule has 0 spiro atoms. The SMILES string of the molecule is CNc1cccc(C(=O)NCC(C)(C)N(C)C)c1[N+](=O)[O-]. The Balaban J connectivity index is 3.01. The molecular weight excluding hydrogens is 272 g/mol. The molecule has 0 bridgehead atoms. The van der Waals surface area contributed by atoms with Crippen LogP contribution < -0.4 is 10.6 Å². The number of hydrogen-bond donors (Lipinski definition) is 2. The third-order valence-corrected chi connectivity index (χ3v) is 3.62. The van der Waals surface area contributed by atoms with Crippen LogP contribution in [0.2, 0.25) is 0 Å². The van der Waals surface area contributed by atoms with Gasteiger partial charge in [0.05, 0.1) is 4.92 Å². The first kappa shape index (κ1) is 16.9. The van der Waals surface area contributed by atoms with Gasteiger partial charge in [0.1, 0.15) is 11.3 Å². The fourth-order valence-corrected chi connectivity index (χ4v) is 1.68. The van der Waals surface area contributed by atoms with Crippen molar-refractivity contribution in [1.82, 2.24) is 10.2 Å². The van der Waals surface area contributed by atoms with Crippen molar-refractivity contribution in [3.8, 4) is 0 Å². The smallest absolute Gasteiger partial charge is 0.305 e. The number of nitro benzene ring substituents is 1. The van der Waals surface area contributed by atoms with Crippen molar-refractivity contribution in [3.63, 3.8) is 0 Å². The summed E-state index contributed by atoms with van der Waals surface area (Å²) in [5.74, 6) is -0.450. The number of nitro groups is 1. The van der Waals surface area contributed by atoms with Gasteiger partial charge in [-0.05, 0) is 40.1 Å². The van der Waals surface area contributed by atoms with Crippen LogP contribution in [0.25, 0.3) is 0 Å². The minimum atomic E-state index is -0.544. The van der Waals surface area contributed by atoms with Gasteiger partial charge in [0.2, 0.25) is 0 Å². The molecule has 0 unspecified atom stereocenters. The lowest BCUT2D eigenvalue weighted by atomic mass is 10.0. The first-order valence-corrected chi connectivity index (χ1v) is 6.61. The fraction of sp³-hybridized carbons (Fsp3) is 0.500. The van der Waals surface area contributed by atoms with Crippen LogP contribution in [0.1, 0.15) is 24.2 Å². The van der Waals surface area contributed by atoms with Gasteiger partial charge in [-0.2, -0.15) is 0 Å². The number of anilines is 1. The Bertz CT molecular complexity index is 541. The average Bonchev–Trinajstić information content (AvgIpc) is 2.43. The molecule has 0 heterocycles. The molecule has 0 fully saturated rings. The van der Waals surface area contributed by atoms with Crippen molar-refractivity contribution in [1.29, 1.82) is 0 Å². The maximum Gasteiger partial charge on any atom is 0.305 e. The van der Waals surface area contributed by atoms with Crippen LogP contribution in [0.15, 0.2) is 18.2 Å². The zero-order valence-electron chi connectivity index (χ0n) is 13.1. The van der Waals surface area contributed by atoms with E-state index < -0.39 is 10.8 Å². The molecule has 2 N–H and O–H groups in total. The van der Waals surface area contributed by atoms with Crippen molar-refractivity contribution >= 4 is 17.3 Å². The summed E-state index contributed by atoms with van der Waals surface area (Å²) in [6.45, 7) is 4.34. The first-order chi connectivity index (χ1) is 9.70. The van der Waals surface area contributed by atoms with E-state index in [2.05, 4.69) is 10.6 Å². The van der Waals surface area contributed by atoms with Gasteiger partial charge in [-0.25, -0.2) is 0 Å². The topological polar surface area (TPSA) is 87.5 Å². The number of benzene rings is 1. The van der Waals surface area contributed by atoms with E-state index in [0.29, 0.717) is 12.2 Å². The van der Waals surface area contributed by atoms with Crippen molar-refractivity contribution in [2.75, 3.05) is 33.0 Å². The molecule has 21 heavy (non-hydrogen) atoms. The lowest BCUT2D eigenvalue weighted by molar-refractivity contribution is -0.384. The Morgan fingerprint density at radius 2 is 2.00 bits per heavy atom. The van der Waals surface area contributed by atoms with Crippen LogP contribution in [0.3, 0.4) is 0 Å². The van der Waals surface area contributed by atoms with E-state index in [0.717, 1.165) is 0 Å². The summed E-state index contributed by atoms with van der Waals surface area (Å²) >= 11 is 0. The molecule has 1 rings (SSSR count). The van der Waals surface area contributed by atoms with Crippen LogP contribution in [0.5, 0.6) is 0 Å². The lowest BCUT2D eigenvalue weighted by Crippen LogP contribution is -2.48. The molecule has 7 nitrogen and oxygen atoms in total. The third kappa shape index (κ3) is 3.91. The van der Waals surface area contributed by atoms with Gasteiger partial charge in [-0.15, -0.1) is 0 Å². The quantitative estimate of drug-likeness (QED) is 0.616. The maximum atomic E-state index is 12.2. The second-order valence-electron chi connectivity index (χ2n) is 5.60. The molecule has 0 aliphatic heterocycles. The minimum Gasteiger partial charge on any atom is -0.383 e. The van der Waals surface area contributed by atoms with Crippen LogP contribution in [-0.4, -0.2) is 49.0 Å². The highest BCUT2D eigenvalue weighted by Crippen LogP contribution is 2.28. The monoisotopic (exact) mass is 294 g/mol. The number of carbonyl (C=O) groups excluding carboxylic acids is 1. The minimum absolute atomic E-state index is 0.0569. The molecule has 116 valence electrons. The molecule has 7 heteroatoms. The van der Waals surface area contributed by atoms with E-state index in [1.165, 1.54) is 6.07 Å². The van der Waals surface area contributed by atoms with E-state index in [9.17, 15) is 14.9 Å². The molecule has 1 amide bonds. The maximum absolute atomic E-state index is 12.2. The first-order valence-electron chi connectivity index (χ1n) is 6.61. The van der Waals surface area contributed by atoms with Crippen molar-refractivity contribution in [3.05, 3.63) is 33.9 Å². The van der Waals surface area contributed by atoms with Crippen LogP contribution in [0, 0.1) is 10.1 Å². The number of rotatable bonds is 6. The molecule has 0 saturated heterocycles. The largest absolute Gasteiger partial charge is 0.383 e. The average molecular weight is 294 g/mol. The second-order valence-corrected chi connectivity index (χ2v) is 5.60. The molecule has 0 aliphatic carbocycles. The zero-order valence-corrected chi connectivity index (χ0v) is 13.1. The van der Waals surface area contributed by atoms with Crippen LogP contribution in [-0.2, 0) is 0 Å². The van der Waals surface area contributed by atoms with Gasteiger partial charge < -0.3 is 15.5 Å². The van der Waals surface area contributed by atoms with Crippen LogP contribution in [0.4, 0.5) is 11.4 Å². The summed E-state index contributed by atoms with van der Waals surface area (Å²) in [7, 11) is 5.41. The predicted molar refractivity (Wildman–Crippen MR) is 82.7 cm³/mol. The molecule has 1 aromatic rings. The van der Waals surface area contributed by atoms with Crippen molar-refractivity contribution < 1.29 is 9.72 Å². The highest BCUT2D eigenvalue weighted by atomic mass is 16.6. The number of nitrogens with one attached hydrogen (secondary N) is 2. The molecule has 0 atom stereocenters. The van der Waals surface area contributed by atoms with Gasteiger partial charge in [-0.3, -0.25) is 14.9 Å². The highest BCUT2D eigenvalue weighted by molar-refractivity contribution is 6.00. The Labute approximate surface area is 124 Å². The normalized spacial score (nSPS) is 11.3. The second kappa shape index (κ2) is 6.53. The summed E-state index contributed by atoms with van der Waals surface area (Å²) in [4.78, 5) is 24.9. The summed E-state index contributed by atoms with van der Waals surface area (Å²) < 4.78 is 0. The van der Waals surface area contributed by atoms with E-state index in [-0.39, 0.29) is 16.8 Å². The number of amides is 1. The zero-order chi connectivity index (χ0) is 16.2. The van der Waals surface area contributed by atoms with Gasteiger partial charge in [-0.1, -0.05) is 6.07 Å². The van der Waals surface area contributed by atoms with Crippen LogP contribution >= 0.6 is 0 Å². The molecular formula is C14H22N4O3. The molecule has 0 radical (unpaired) electrons. The Kier molecular flexibility index (Phi) is 5.26. The summed E-state index contributed by atoms with van der Waals surface area (Å²) in [5.41, 5.74) is -0.0773. The van der Waals surface area contributed by atoms with Gasteiger partial charge in [0, 0.05) is 19.1 Å². The summed E-state index contributed by atoms with van der Waals surface area (Å²) in [6.07, 6.45) is 0. The van der Waals surface area contributed by atoms with E-state index >= 15 is 0 Å². The Morgan fingerprint density at radius 3 is 2.48 bits per heavy atom.